The van der Waals surface area contributed by atoms with Crippen molar-refractivity contribution in [2.75, 3.05) is 7.05 Å². The molecule has 2 aromatic carbocycles. The maximum Gasteiger partial charge on any atom is 0.253 e. The molecule has 0 heterocycles. The van der Waals surface area contributed by atoms with Crippen LogP contribution in [-0.4, -0.2) is 21.4 Å². The van der Waals surface area contributed by atoms with Crippen molar-refractivity contribution in [3.05, 3.63) is 64.7 Å². The zero-order valence-corrected chi connectivity index (χ0v) is 15.3. The van der Waals surface area contributed by atoms with Gasteiger partial charge in [-0.1, -0.05) is 41.9 Å². The number of benzene rings is 2. The Hall–Kier alpha value is -1.89. The van der Waals surface area contributed by atoms with E-state index in [1.165, 1.54) is 25.2 Å². The van der Waals surface area contributed by atoms with E-state index in [2.05, 4.69) is 10.0 Å². The lowest BCUT2D eigenvalue weighted by atomic mass is 10.0. The Labute approximate surface area is 152 Å². The van der Waals surface area contributed by atoms with E-state index in [0.29, 0.717) is 5.92 Å². The zero-order valence-electron chi connectivity index (χ0n) is 13.7. The number of hydrogen-bond acceptors (Lipinski definition) is 3. The number of carbonyl (C=O) groups is 1. The fraction of sp³-hybridized carbons (Fsp3) is 0.278. The van der Waals surface area contributed by atoms with Crippen molar-refractivity contribution >= 4 is 27.5 Å². The van der Waals surface area contributed by atoms with E-state index < -0.39 is 10.0 Å². The first-order valence-electron chi connectivity index (χ1n) is 8.01. The largest absolute Gasteiger partial charge is 0.345 e. The fourth-order valence-corrected chi connectivity index (χ4v) is 3.70. The standard InChI is InChI=1S/C18H19ClN2O3S/c1-20-25(23,24)14-9-10-16(19)15(11-14)18(22)21-17(13-7-8-13)12-5-3-2-4-6-12/h2-6,9-11,13,17,20H,7-8H2,1H3,(H,21,22). The van der Waals surface area contributed by atoms with Gasteiger partial charge < -0.3 is 5.32 Å². The van der Waals surface area contributed by atoms with Gasteiger partial charge in [-0.25, -0.2) is 13.1 Å². The second kappa shape index (κ2) is 7.15. The summed E-state index contributed by atoms with van der Waals surface area (Å²) in [6, 6.07) is 13.8. The molecule has 0 saturated heterocycles. The molecule has 25 heavy (non-hydrogen) atoms. The van der Waals surface area contributed by atoms with Crippen LogP contribution in [0.3, 0.4) is 0 Å². The first kappa shape index (κ1) is 17.9. The van der Waals surface area contributed by atoms with E-state index in [0.717, 1.165) is 18.4 Å². The Bertz CT molecular complexity index is 880. The highest BCUT2D eigenvalue weighted by Gasteiger charge is 2.34. The summed E-state index contributed by atoms with van der Waals surface area (Å²) in [5, 5.41) is 3.23. The second-order valence-electron chi connectivity index (χ2n) is 6.05. The van der Waals surface area contributed by atoms with Crippen molar-refractivity contribution in [2.24, 2.45) is 5.92 Å². The highest BCUT2D eigenvalue weighted by atomic mass is 35.5. The van der Waals surface area contributed by atoms with Crippen LogP contribution in [-0.2, 0) is 10.0 Å². The maximum absolute atomic E-state index is 12.7. The average Bonchev–Trinajstić information content (AvgIpc) is 3.45. The van der Waals surface area contributed by atoms with Gasteiger partial charge in [-0.05, 0) is 49.6 Å². The molecule has 1 amide bonds. The van der Waals surface area contributed by atoms with Crippen molar-refractivity contribution in [2.45, 2.75) is 23.8 Å². The SMILES string of the molecule is CNS(=O)(=O)c1ccc(Cl)c(C(=O)NC(c2ccccc2)C2CC2)c1. The normalized spacial score (nSPS) is 15.6. The summed E-state index contributed by atoms with van der Waals surface area (Å²) in [4.78, 5) is 12.7. The Morgan fingerprint density at radius 3 is 2.44 bits per heavy atom. The minimum atomic E-state index is -3.64. The van der Waals surface area contributed by atoms with Gasteiger partial charge in [0.05, 0.1) is 21.5 Å². The highest BCUT2D eigenvalue weighted by Crippen LogP contribution is 2.41. The number of carbonyl (C=O) groups excluding carboxylic acids is 1. The van der Waals surface area contributed by atoms with Gasteiger partial charge in [0.25, 0.3) is 5.91 Å². The summed E-state index contributed by atoms with van der Waals surface area (Å²) in [7, 11) is -2.32. The quantitative estimate of drug-likeness (QED) is 0.810. The Morgan fingerprint density at radius 2 is 1.84 bits per heavy atom. The number of rotatable bonds is 6. The molecular weight excluding hydrogens is 360 g/mol. The number of hydrogen-bond donors (Lipinski definition) is 2. The van der Waals surface area contributed by atoms with Gasteiger partial charge in [0, 0.05) is 0 Å². The molecule has 0 aromatic heterocycles. The van der Waals surface area contributed by atoms with E-state index in [9.17, 15) is 13.2 Å². The summed E-state index contributed by atoms with van der Waals surface area (Å²) >= 11 is 6.13. The second-order valence-corrected chi connectivity index (χ2v) is 8.34. The molecule has 1 atom stereocenters. The molecule has 1 unspecified atom stereocenters. The van der Waals surface area contributed by atoms with Crippen LogP contribution >= 0.6 is 11.6 Å². The molecule has 1 fully saturated rings. The number of halogens is 1. The van der Waals surface area contributed by atoms with Gasteiger partial charge in [-0.15, -0.1) is 0 Å². The molecule has 2 aromatic rings. The highest BCUT2D eigenvalue weighted by molar-refractivity contribution is 7.89. The lowest BCUT2D eigenvalue weighted by Crippen LogP contribution is -2.30. The van der Waals surface area contributed by atoms with E-state index in [-0.39, 0.29) is 27.4 Å². The predicted molar refractivity (Wildman–Crippen MR) is 97.1 cm³/mol. The van der Waals surface area contributed by atoms with Crippen LogP contribution in [0.5, 0.6) is 0 Å². The van der Waals surface area contributed by atoms with Crippen LogP contribution in [0, 0.1) is 5.92 Å². The molecule has 5 nitrogen and oxygen atoms in total. The number of amides is 1. The van der Waals surface area contributed by atoms with Gasteiger partial charge in [-0.2, -0.15) is 0 Å². The lowest BCUT2D eigenvalue weighted by molar-refractivity contribution is 0.0931. The van der Waals surface area contributed by atoms with Crippen molar-refractivity contribution in [3.63, 3.8) is 0 Å². The summed E-state index contributed by atoms with van der Waals surface area (Å²) in [6.45, 7) is 0. The van der Waals surface area contributed by atoms with Gasteiger partial charge in [0.1, 0.15) is 0 Å². The monoisotopic (exact) mass is 378 g/mol. The van der Waals surface area contributed by atoms with E-state index in [1.54, 1.807) is 0 Å². The molecule has 0 bridgehead atoms. The molecule has 0 radical (unpaired) electrons. The van der Waals surface area contributed by atoms with Gasteiger partial charge in [0.15, 0.2) is 0 Å². The minimum Gasteiger partial charge on any atom is -0.345 e. The molecule has 2 N–H and O–H groups in total. The van der Waals surface area contributed by atoms with Crippen LogP contribution in [0.2, 0.25) is 5.02 Å². The molecule has 7 heteroatoms. The number of nitrogens with one attached hydrogen (secondary N) is 2. The predicted octanol–water partition coefficient (Wildman–Crippen LogP) is 3.13. The third-order valence-electron chi connectivity index (χ3n) is 4.30. The van der Waals surface area contributed by atoms with Crippen LogP contribution < -0.4 is 10.0 Å². The minimum absolute atomic E-state index is 0.00670. The first-order valence-corrected chi connectivity index (χ1v) is 9.87. The van der Waals surface area contributed by atoms with Crippen molar-refractivity contribution in [1.29, 1.82) is 0 Å². The van der Waals surface area contributed by atoms with Gasteiger partial charge in [-0.3, -0.25) is 4.79 Å². The Kier molecular flexibility index (Phi) is 5.13. The topological polar surface area (TPSA) is 75.3 Å². The lowest BCUT2D eigenvalue weighted by Gasteiger charge is -2.19. The molecule has 0 spiro atoms. The summed E-state index contributed by atoms with van der Waals surface area (Å²) < 4.78 is 26.2. The maximum atomic E-state index is 12.7. The molecule has 0 aliphatic heterocycles. The molecular formula is C18H19ClN2O3S. The van der Waals surface area contributed by atoms with Crippen molar-refractivity contribution in [3.8, 4) is 0 Å². The summed E-state index contributed by atoms with van der Waals surface area (Å²) in [5.74, 6) is 0.0215. The van der Waals surface area contributed by atoms with Gasteiger partial charge >= 0.3 is 0 Å². The van der Waals surface area contributed by atoms with Crippen LogP contribution in [0.15, 0.2) is 53.4 Å². The summed E-state index contributed by atoms with van der Waals surface area (Å²) in [5.41, 5.74) is 1.19. The summed E-state index contributed by atoms with van der Waals surface area (Å²) in [6.07, 6.45) is 2.11. The fourth-order valence-electron chi connectivity index (χ4n) is 2.75. The Balaban J connectivity index is 1.89. The van der Waals surface area contributed by atoms with E-state index in [4.69, 9.17) is 11.6 Å². The first-order chi connectivity index (χ1) is 11.9. The molecule has 1 saturated carbocycles. The molecule has 1 aliphatic carbocycles. The zero-order chi connectivity index (χ0) is 18.0. The van der Waals surface area contributed by atoms with E-state index >= 15 is 0 Å². The van der Waals surface area contributed by atoms with E-state index in [1.807, 2.05) is 30.3 Å². The van der Waals surface area contributed by atoms with Crippen LogP contribution in [0.1, 0.15) is 34.8 Å². The average molecular weight is 379 g/mol. The molecule has 1 aliphatic rings. The van der Waals surface area contributed by atoms with Crippen molar-refractivity contribution in [1.82, 2.24) is 10.0 Å². The van der Waals surface area contributed by atoms with Gasteiger partial charge in [0.2, 0.25) is 10.0 Å². The number of sulfonamides is 1. The van der Waals surface area contributed by atoms with Crippen molar-refractivity contribution < 1.29 is 13.2 Å². The van der Waals surface area contributed by atoms with Crippen LogP contribution in [0.4, 0.5) is 0 Å². The molecule has 3 rings (SSSR count). The van der Waals surface area contributed by atoms with Crippen LogP contribution in [0.25, 0.3) is 0 Å². The third kappa shape index (κ3) is 4.03. The smallest absolute Gasteiger partial charge is 0.253 e. The third-order valence-corrected chi connectivity index (χ3v) is 6.04. The Morgan fingerprint density at radius 1 is 1.16 bits per heavy atom. The molecule has 132 valence electrons.